The second kappa shape index (κ2) is 5.95. The van der Waals surface area contributed by atoms with Gasteiger partial charge in [0.1, 0.15) is 5.75 Å². The van der Waals surface area contributed by atoms with Gasteiger partial charge in [-0.05, 0) is 48.6 Å². The van der Waals surface area contributed by atoms with Gasteiger partial charge >= 0.3 is 0 Å². The molecule has 1 amide bonds. The minimum atomic E-state index is -0.225. The van der Waals surface area contributed by atoms with Crippen LogP contribution < -0.4 is 10.2 Å². The standard InChI is InChI=1S/C17H18N2O2/c1-21-16-11-13-7-3-2-6-12(13)10-15(16)17(20)19-18-14-8-4-5-9-14/h2-3,6-7,10-11H,4-5,8-9H2,1H3,(H,19,20). The summed E-state index contributed by atoms with van der Waals surface area (Å²) in [4.78, 5) is 12.3. The average molecular weight is 282 g/mol. The topological polar surface area (TPSA) is 50.7 Å². The average Bonchev–Trinajstić information content (AvgIpc) is 3.04. The summed E-state index contributed by atoms with van der Waals surface area (Å²) in [5, 5.41) is 6.28. The Morgan fingerprint density at radius 2 is 1.81 bits per heavy atom. The molecule has 1 fully saturated rings. The van der Waals surface area contributed by atoms with Crippen molar-refractivity contribution in [1.82, 2.24) is 5.43 Å². The van der Waals surface area contributed by atoms with E-state index in [4.69, 9.17) is 4.74 Å². The van der Waals surface area contributed by atoms with E-state index < -0.39 is 0 Å². The quantitative estimate of drug-likeness (QED) is 0.876. The molecule has 0 spiro atoms. The zero-order chi connectivity index (χ0) is 14.7. The lowest BCUT2D eigenvalue weighted by Gasteiger charge is -2.09. The van der Waals surface area contributed by atoms with Crippen molar-refractivity contribution in [3.8, 4) is 5.75 Å². The molecule has 0 radical (unpaired) electrons. The number of benzene rings is 2. The number of fused-ring (bicyclic) bond motifs is 1. The molecule has 0 saturated heterocycles. The molecule has 0 aliphatic heterocycles. The van der Waals surface area contributed by atoms with Gasteiger partial charge in [-0.25, -0.2) is 5.43 Å². The Balaban J connectivity index is 1.90. The van der Waals surface area contributed by atoms with Crippen molar-refractivity contribution in [2.45, 2.75) is 25.7 Å². The predicted octanol–water partition coefficient (Wildman–Crippen LogP) is 3.51. The number of amides is 1. The van der Waals surface area contributed by atoms with Crippen LogP contribution in [-0.2, 0) is 0 Å². The van der Waals surface area contributed by atoms with Gasteiger partial charge < -0.3 is 4.74 Å². The molecule has 108 valence electrons. The summed E-state index contributed by atoms with van der Waals surface area (Å²) in [7, 11) is 1.57. The van der Waals surface area contributed by atoms with E-state index in [1.54, 1.807) is 7.11 Å². The van der Waals surface area contributed by atoms with Crippen molar-refractivity contribution in [3.05, 3.63) is 42.0 Å². The number of methoxy groups -OCH3 is 1. The van der Waals surface area contributed by atoms with Gasteiger partial charge in [0.05, 0.1) is 12.7 Å². The minimum Gasteiger partial charge on any atom is -0.496 e. The minimum absolute atomic E-state index is 0.225. The second-order valence-electron chi connectivity index (χ2n) is 5.23. The van der Waals surface area contributed by atoms with Crippen LogP contribution in [0.5, 0.6) is 5.75 Å². The van der Waals surface area contributed by atoms with Gasteiger partial charge in [0.2, 0.25) is 0 Å². The summed E-state index contributed by atoms with van der Waals surface area (Å²) >= 11 is 0. The third-order valence-electron chi connectivity index (χ3n) is 3.81. The maximum atomic E-state index is 12.3. The van der Waals surface area contributed by atoms with E-state index in [2.05, 4.69) is 10.5 Å². The van der Waals surface area contributed by atoms with Crippen LogP contribution >= 0.6 is 0 Å². The molecular formula is C17H18N2O2. The number of nitrogens with zero attached hydrogens (tertiary/aromatic N) is 1. The van der Waals surface area contributed by atoms with Crippen molar-refractivity contribution in [1.29, 1.82) is 0 Å². The van der Waals surface area contributed by atoms with E-state index in [-0.39, 0.29) is 5.91 Å². The molecule has 0 heterocycles. The van der Waals surface area contributed by atoms with Crippen molar-refractivity contribution in [3.63, 3.8) is 0 Å². The smallest absolute Gasteiger partial charge is 0.275 e. The van der Waals surface area contributed by atoms with Gasteiger partial charge in [0.15, 0.2) is 0 Å². The lowest BCUT2D eigenvalue weighted by Crippen LogP contribution is -2.19. The molecule has 4 nitrogen and oxygen atoms in total. The van der Waals surface area contributed by atoms with Gasteiger partial charge in [-0.2, -0.15) is 5.10 Å². The Labute approximate surface area is 123 Å². The summed E-state index contributed by atoms with van der Waals surface area (Å²) in [6.45, 7) is 0. The molecule has 4 heteroatoms. The second-order valence-corrected chi connectivity index (χ2v) is 5.23. The zero-order valence-electron chi connectivity index (χ0n) is 12.1. The van der Waals surface area contributed by atoms with Crippen LogP contribution in [0.3, 0.4) is 0 Å². The van der Waals surface area contributed by atoms with E-state index >= 15 is 0 Å². The van der Waals surface area contributed by atoms with Crippen LogP contribution in [0.15, 0.2) is 41.5 Å². The Hall–Kier alpha value is -2.36. The van der Waals surface area contributed by atoms with Crippen molar-refractivity contribution < 1.29 is 9.53 Å². The Bertz CT molecular complexity index is 699. The highest BCUT2D eigenvalue weighted by molar-refractivity contribution is 6.02. The van der Waals surface area contributed by atoms with E-state index in [0.717, 1.165) is 42.2 Å². The number of nitrogens with one attached hydrogen (secondary N) is 1. The predicted molar refractivity (Wildman–Crippen MR) is 83.9 cm³/mol. The summed E-state index contributed by atoms with van der Waals surface area (Å²) in [5.41, 5.74) is 4.23. The fourth-order valence-electron chi connectivity index (χ4n) is 2.65. The molecule has 2 aromatic carbocycles. The van der Waals surface area contributed by atoms with Crippen LogP contribution in [-0.4, -0.2) is 18.7 Å². The van der Waals surface area contributed by atoms with Crippen molar-refractivity contribution in [2.24, 2.45) is 5.10 Å². The van der Waals surface area contributed by atoms with Crippen LogP contribution in [0.4, 0.5) is 0 Å². The fourth-order valence-corrected chi connectivity index (χ4v) is 2.65. The Morgan fingerprint density at radius 3 is 2.48 bits per heavy atom. The molecule has 1 aliphatic rings. The summed E-state index contributed by atoms with van der Waals surface area (Å²) < 4.78 is 5.34. The van der Waals surface area contributed by atoms with Gasteiger partial charge in [0, 0.05) is 5.71 Å². The molecular weight excluding hydrogens is 264 g/mol. The molecule has 2 aromatic rings. The first-order valence-electron chi connectivity index (χ1n) is 7.20. The molecule has 0 aromatic heterocycles. The van der Waals surface area contributed by atoms with E-state index in [1.807, 2.05) is 36.4 Å². The number of rotatable bonds is 3. The molecule has 1 aliphatic carbocycles. The first-order valence-corrected chi connectivity index (χ1v) is 7.20. The van der Waals surface area contributed by atoms with Crippen LogP contribution in [0.25, 0.3) is 10.8 Å². The molecule has 1 saturated carbocycles. The maximum absolute atomic E-state index is 12.3. The highest BCUT2D eigenvalue weighted by atomic mass is 16.5. The lowest BCUT2D eigenvalue weighted by atomic mass is 10.1. The van der Waals surface area contributed by atoms with Crippen LogP contribution in [0, 0.1) is 0 Å². The Kier molecular flexibility index (Phi) is 3.86. The summed E-state index contributed by atoms with van der Waals surface area (Å²) in [6, 6.07) is 11.6. The summed E-state index contributed by atoms with van der Waals surface area (Å²) in [6.07, 6.45) is 4.28. The highest BCUT2D eigenvalue weighted by Gasteiger charge is 2.14. The van der Waals surface area contributed by atoms with Gasteiger partial charge in [-0.1, -0.05) is 24.3 Å². The molecule has 3 rings (SSSR count). The number of ether oxygens (including phenoxy) is 1. The number of hydrazone groups is 1. The lowest BCUT2D eigenvalue weighted by molar-refractivity contribution is 0.0952. The normalized spacial score (nSPS) is 14.2. The number of carbonyl (C=O) groups is 1. The SMILES string of the molecule is COc1cc2ccccc2cc1C(=O)NN=C1CCCC1. The maximum Gasteiger partial charge on any atom is 0.275 e. The molecule has 21 heavy (non-hydrogen) atoms. The summed E-state index contributed by atoms with van der Waals surface area (Å²) in [5.74, 6) is 0.342. The monoisotopic (exact) mass is 282 g/mol. The largest absolute Gasteiger partial charge is 0.496 e. The van der Waals surface area contributed by atoms with E-state index in [1.165, 1.54) is 0 Å². The zero-order valence-corrected chi connectivity index (χ0v) is 12.1. The molecule has 0 bridgehead atoms. The number of hydrogen-bond donors (Lipinski definition) is 1. The third kappa shape index (κ3) is 2.89. The number of hydrogen-bond acceptors (Lipinski definition) is 3. The fraction of sp³-hybridized carbons (Fsp3) is 0.294. The first kappa shape index (κ1) is 13.6. The first-order chi connectivity index (χ1) is 10.3. The van der Waals surface area contributed by atoms with Gasteiger partial charge in [-0.3, -0.25) is 4.79 Å². The Morgan fingerprint density at radius 1 is 1.14 bits per heavy atom. The van der Waals surface area contributed by atoms with Gasteiger partial charge in [0.25, 0.3) is 5.91 Å². The van der Waals surface area contributed by atoms with E-state index in [0.29, 0.717) is 11.3 Å². The van der Waals surface area contributed by atoms with Crippen molar-refractivity contribution >= 4 is 22.4 Å². The highest BCUT2D eigenvalue weighted by Crippen LogP contribution is 2.26. The molecule has 0 atom stereocenters. The van der Waals surface area contributed by atoms with Crippen LogP contribution in [0.1, 0.15) is 36.0 Å². The van der Waals surface area contributed by atoms with E-state index in [9.17, 15) is 4.79 Å². The van der Waals surface area contributed by atoms with Crippen molar-refractivity contribution in [2.75, 3.05) is 7.11 Å². The van der Waals surface area contributed by atoms with Crippen LogP contribution in [0.2, 0.25) is 0 Å². The third-order valence-corrected chi connectivity index (χ3v) is 3.81. The molecule has 0 unspecified atom stereocenters. The number of carbonyl (C=O) groups excluding carboxylic acids is 1. The van der Waals surface area contributed by atoms with Gasteiger partial charge in [-0.15, -0.1) is 0 Å². The molecule has 1 N–H and O–H groups in total.